The van der Waals surface area contributed by atoms with Crippen LogP contribution in [0.1, 0.15) is 12.0 Å². The normalized spacial score (nSPS) is 34.2. The standard InChI is InChI=1S/C12H14FN/c13-11-4-2-1-3-9(11)5-12-6-10(12)7-14-8-12/h1-4,10,14H,5-8H2. The number of hydrogen-bond acceptors (Lipinski definition) is 1. The van der Waals surface area contributed by atoms with Crippen LogP contribution in [0, 0.1) is 17.2 Å². The van der Waals surface area contributed by atoms with Gasteiger partial charge in [-0.05, 0) is 42.3 Å². The molecule has 1 aromatic rings. The summed E-state index contributed by atoms with van der Waals surface area (Å²) >= 11 is 0. The third-order valence-corrected chi connectivity index (χ3v) is 3.73. The summed E-state index contributed by atoms with van der Waals surface area (Å²) in [7, 11) is 0. The fourth-order valence-electron chi connectivity index (χ4n) is 2.73. The van der Waals surface area contributed by atoms with Gasteiger partial charge < -0.3 is 5.32 Å². The molecule has 0 spiro atoms. The molecule has 1 saturated carbocycles. The number of fused-ring (bicyclic) bond motifs is 1. The minimum absolute atomic E-state index is 0.0422. The van der Waals surface area contributed by atoms with Crippen LogP contribution in [0.4, 0.5) is 4.39 Å². The van der Waals surface area contributed by atoms with Gasteiger partial charge in [-0.2, -0.15) is 0 Å². The lowest BCUT2D eigenvalue weighted by molar-refractivity contribution is 0.493. The van der Waals surface area contributed by atoms with Crippen LogP contribution < -0.4 is 5.32 Å². The fourth-order valence-corrected chi connectivity index (χ4v) is 2.73. The van der Waals surface area contributed by atoms with E-state index in [0.29, 0.717) is 5.41 Å². The molecule has 1 saturated heterocycles. The van der Waals surface area contributed by atoms with Crippen molar-refractivity contribution in [1.29, 1.82) is 0 Å². The predicted molar refractivity (Wildman–Crippen MR) is 53.5 cm³/mol. The Hall–Kier alpha value is -0.890. The zero-order valence-electron chi connectivity index (χ0n) is 8.09. The van der Waals surface area contributed by atoms with E-state index in [0.717, 1.165) is 31.0 Å². The average Bonchev–Trinajstić information content (AvgIpc) is 2.72. The molecule has 1 aliphatic heterocycles. The maximum absolute atomic E-state index is 13.4. The predicted octanol–water partition coefficient (Wildman–Crippen LogP) is 1.98. The first-order valence-electron chi connectivity index (χ1n) is 5.24. The van der Waals surface area contributed by atoms with E-state index in [-0.39, 0.29) is 5.82 Å². The first kappa shape index (κ1) is 8.42. The van der Waals surface area contributed by atoms with Crippen molar-refractivity contribution >= 4 is 0 Å². The monoisotopic (exact) mass is 191 g/mol. The Bertz CT molecular complexity index is 363. The summed E-state index contributed by atoms with van der Waals surface area (Å²) in [4.78, 5) is 0. The Morgan fingerprint density at radius 2 is 2.29 bits per heavy atom. The number of halogens is 1. The molecule has 3 rings (SSSR count). The van der Waals surface area contributed by atoms with E-state index in [1.54, 1.807) is 12.1 Å². The Kier molecular flexibility index (Phi) is 1.68. The molecule has 1 nitrogen and oxygen atoms in total. The van der Waals surface area contributed by atoms with Crippen molar-refractivity contribution in [2.24, 2.45) is 11.3 Å². The van der Waals surface area contributed by atoms with E-state index in [9.17, 15) is 4.39 Å². The molecule has 2 aliphatic rings. The molecule has 1 aliphatic carbocycles. The van der Waals surface area contributed by atoms with Gasteiger partial charge in [0.25, 0.3) is 0 Å². The number of hydrogen-bond donors (Lipinski definition) is 1. The Morgan fingerprint density at radius 1 is 1.43 bits per heavy atom. The van der Waals surface area contributed by atoms with Gasteiger partial charge in [-0.1, -0.05) is 18.2 Å². The average molecular weight is 191 g/mol. The summed E-state index contributed by atoms with van der Waals surface area (Å²) in [6.07, 6.45) is 2.20. The largest absolute Gasteiger partial charge is 0.316 e. The highest BCUT2D eigenvalue weighted by molar-refractivity contribution is 5.23. The van der Waals surface area contributed by atoms with Gasteiger partial charge in [0.2, 0.25) is 0 Å². The Morgan fingerprint density at radius 3 is 2.93 bits per heavy atom. The third-order valence-electron chi connectivity index (χ3n) is 3.73. The van der Waals surface area contributed by atoms with Crippen LogP contribution in [-0.4, -0.2) is 13.1 Å². The van der Waals surface area contributed by atoms with Gasteiger partial charge in [-0.3, -0.25) is 0 Å². The molecule has 1 heterocycles. The third kappa shape index (κ3) is 1.17. The molecule has 2 heteroatoms. The smallest absolute Gasteiger partial charge is 0.126 e. The summed E-state index contributed by atoms with van der Waals surface area (Å²) in [6, 6.07) is 7.16. The molecular formula is C12H14FN. The van der Waals surface area contributed by atoms with E-state index in [2.05, 4.69) is 5.32 Å². The molecule has 2 unspecified atom stereocenters. The Labute approximate surface area is 83.3 Å². The molecule has 2 atom stereocenters. The van der Waals surface area contributed by atoms with Gasteiger partial charge in [-0.15, -0.1) is 0 Å². The van der Waals surface area contributed by atoms with Gasteiger partial charge in [0.05, 0.1) is 0 Å². The zero-order valence-corrected chi connectivity index (χ0v) is 8.09. The van der Waals surface area contributed by atoms with Crippen LogP contribution in [0.2, 0.25) is 0 Å². The van der Waals surface area contributed by atoms with Crippen molar-refractivity contribution in [1.82, 2.24) is 5.32 Å². The molecule has 0 amide bonds. The molecular weight excluding hydrogens is 177 g/mol. The molecule has 1 aromatic carbocycles. The summed E-state index contributed by atoms with van der Waals surface area (Å²) in [5.74, 6) is 0.765. The van der Waals surface area contributed by atoms with Crippen LogP contribution in [0.25, 0.3) is 0 Å². The highest BCUT2D eigenvalue weighted by atomic mass is 19.1. The van der Waals surface area contributed by atoms with E-state index < -0.39 is 0 Å². The second-order valence-electron chi connectivity index (χ2n) is 4.66. The van der Waals surface area contributed by atoms with Crippen molar-refractivity contribution in [3.63, 3.8) is 0 Å². The van der Waals surface area contributed by atoms with Crippen LogP contribution in [0.15, 0.2) is 24.3 Å². The van der Waals surface area contributed by atoms with Gasteiger partial charge in [0.15, 0.2) is 0 Å². The maximum Gasteiger partial charge on any atom is 0.126 e. The van der Waals surface area contributed by atoms with E-state index in [1.807, 2.05) is 12.1 Å². The van der Waals surface area contributed by atoms with Crippen molar-refractivity contribution in [2.75, 3.05) is 13.1 Å². The minimum Gasteiger partial charge on any atom is -0.316 e. The fraction of sp³-hybridized carbons (Fsp3) is 0.500. The van der Waals surface area contributed by atoms with Crippen LogP contribution >= 0.6 is 0 Å². The molecule has 74 valence electrons. The molecule has 0 radical (unpaired) electrons. The number of benzene rings is 1. The van der Waals surface area contributed by atoms with Crippen molar-refractivity contribution in [3.05, 3.63) is 35.6 Å². The van der Waals surface area contributed by atoms with Gasteiger partial charge in [-0.25, -0.2) is 4.39 Å². The van der Waals surface area contributed by atoms with Crippen LogP contribution in [0.5, 0.6) is 0 Å². The molecule has 0 bridgehead atoms. The van der Waals surface area contributed by atoms with Crippen LogP contribution in [0.3, 0.4) is 0 Å². The lowest BCUT2D eigenvalue weighted by Gasteiger charge is -2.11. The quantitative estimate of drug-likeness (QED) is 0.753. The first-order valence-corrected chi connectivity index (χ1v) is 5.24. The second-order valence-corrected chi connectivity index (χ2v) is 4.66. The second kappa shape index (κ2) is 2.80. The molecule has 1 N–H and O–H groups in total. The first-order chi connectivity index (χ1) is 6.80. The summed E-state index contributed by atoms with van der Waals surface area (Å²) < 4.78 is 13.4. The molecule has 14 heavy (non-hydrogen) atoms. The lowest BCUT2D eigenvalue weighted by Crippen LogP contribution is -2.18. The van der Waals surface area contributed by atoms with Crippen molar-refractivity contribution in [2.45, 2.75) is 12.8 Å². The Balaban J connectivity index is 1.82. The topological polar surface area (TPSA) is 12.0 Å². The summed E-state index contributed by atoms with van der Waals surface area (Å²) in [5, 5.41) is 3.38. The van der Waals surface area contributed by atoms with Gasteiger partial charge in [0, 0.05) is 6.54 Å². The van der Waals surface area contributed by atoms with E-state index >= 15 is 0 Å². The SMILES string of the molecule is Fc1ccccc1CC12CNCC1C2. The number of rotatable bonds is 2. The van der Waals surface area contributed by atoms with E-state index in [1.165, 1.54) is 6.42 Å². The number of nitrogens with one attached hydrogen (secondary N) is 1. The minimum atomic E-state index is -0.0422. The van der Waals surface area contributed by atoms with Crippen LogP contribution in [-0.2, 0) is 6.42 Å². The van der Waals surface area contributed by atoms with Gasteiger partial charge in [0.1, 0.15) is 5.82 Å². The van der Waals surface area contributed by atoms with Crippen molar-refractivity contribution in [3.8, 4) is 0 Å². The highest BCUT2D eigenvalue weighted by Gasteiger charge is 2.56. The summed E-state index contributed by atoms with van der Waals surface area (Å²) in [6.45, 7) is 2.21. The van der Waals surface area contributed by atoms with E-state index in [4.69, 9.17) is 0 Å². The van der Waals surface area contributed by atoms with Gasteiger partial charge >= 0.3 is 0 Å². The number of piperidine rings is 1. The van der Waals surface area contributed by atoms with Crippen molar-refractivity contribution < 1.29 is 4.39 Å². The molecule has 2 fully saturated rings. The highest BCUT2D eigenvalue weighted by Crippen LogP contribution is 2.56. The summed E-state index contributed by atoms with van der Waals surface area (Å²) in [5.41, 5.74) is 1.29. The molecule has 0 aromatic heterocycles. The maximum atomic E-state index is 13.4. The zero-order chi connectivity index (χ0) is 9.60. The lowest BCUT2D eigenvalue weighted by atomic mass is 9.95.